The highest BCUT2D eigenvalue weighted by Crippen LogP contribution is 2.27. The highest BCUT2D eigenvalue weighted by molar-refractivity contribution is 7.92. The molecule has 2 aliphatic rings. The zero-order chi connectivity index (χ0) is 27.3. The average molecular weight is 562 g/mol. The number of piperazine rings is 1. The molecule has 2 amide bonds. The van der Waals surface area contributed by atoms with Crippen LogP contribution in [0.4, 0.5) is 11.4 Å². The molecule has 11 heteroatoms. The van der Waals surface area contributed by atoms with Gasteiger partial charge in [0, 0.05) is 43.5 Å². The van der Waals surface area contributed by atoms with Gasteiger partial charge in [-0.25, -0.2) is 8.42 Å². The van der Waals surface area contributed by atoms with Crippen LogP contribution in [0.25, 0.3) is 0 Å². The molecular formula is C27H36ClN5O4S. The van der Waals surface area contributed by atoms with E-state index in [1.807, 2.05) is 24.3 Å². The van der Waals surface area contributed by atoms with E-state index in [4.69, 9.17) is 11.6 Å². The smallest absolute Gasteiger partial charge is 0.245 e. The molecule has 0 bridgehead atoms. The fourth-order valence-corrected chi connectivity index (χ4v) is 5.74. The van der Waals surface area contributed by atoms with Gasteiger partial charge in [-0.3, -0.25) is 14.3 Å². The Hall–Kier alpha value is -2.82. The molecule has 2 N–H and O–H groups in total. The van der Waals surface area contributed by atoms with Crippen molar-refractivity contribution in [2.24, 2.45) is 5.92 Å². The number of halogens is 1. The van der Waals surface area contributed by atoms with Crippen LogP contribution < -0.4 is 14.9 Å². The molecule has 4 rings (SSSR count). The molecule has 0 radical (unpaired) electrons. The van der Waals surface area contributed by atoms with Crippen molar-refractivity contribution < 1.29 is 18.0 Å². The van der Waals surface area contributed by atoms with Gasteiger partial charge in [-0.1, -0.05) is 35.9 Å². The molecule has 9 nitrogen and oxygen atoms in total. The summed E-state index contributed by atoms with van der Waals surface area (Å²) in [4.78, 5) is 32.9. The van der Waals surface area contributed by atoms with E-state index in [1.165, 1.54) is 0 Å². The molecule has 206 valence electrons. The molecule has 2 aromatic rings. The number of rotatable bonds is 8. The SMILES string of the molecule is CN1CCC(C(=O)NC(Cc2ccc(Cl)cc2)C(=O)N2CCN(c3ccccc3NS(C)(=O)=O)CC2)CC1. The second kappa shape index (κ2) is 12.4. The van der Waals surface area contributed by atoms with Crippen LogP contribution in [0.3, 0.4) is 0 Å². The Morgan fingerprint density at radius 2 is 1.61 bits per heavy atom. The lowest BCUT2D eigenvalue weighted by Gasteiger charge is -2.38. The third kappa shape index (κ3) is 7.61. The van der Waals surface area contributed by atoms with Crippen LogP contribution in [0.1, 0.15) is 18.4 Å². The summed E-state index contributed by atoms with van der Waals surface area (Å²) in [6.07, 6.45) is 3.07. The second-order valence-electron chi connectivity index (χ2n) is 10.2. The molecule has 2 saturated heterocycles. The minimum absolute atomic E-state index is 0.0650. The van der Waals surface area contributed by atoms with Gasteiger partial charge in [0.05, 0.1) is 17.6 Å². The number of para-hydroxylation sites is 2. The van der Waals surface area contributed by atoms with Gasteiger partial charge in [-0.2, -0.15) is 0 Å². The van der Waals surface area contributed by atoms with E-state index in [0.29, 0.717) is 43.3 Å². The van der Waals surface area contributed by atoms with Crippen LogP contribution >= 0.6 is 11.6 Å². The maximum atomic E-state index is 13.7. The maximum Gasteiger partial charge on any atom is 0.245 e. The summed E-state index contributed by atoms with van der Waals surface area (Å²) in [7, 11) is -1.37. The van der Waals surface area contributed by atoms with Gasteiger partial charge < -0.3 is 20.0 Å². The predicted octanol–water partition coefficient (Wildman–Crippen LogP) is 2.43. The standard InChI is InChI=1S/C27H36ClN5O4S/c1-31-13-11-21(12-14-31)26(34)29-24(19-20-7-9-22(28)10-8-20)27(35)33-17-15-32(16-18-33)25-6-4-3-5-23(25)30-38(2,36)37/h3-10,21,24,30H,11-19H2,1-2H3,(H,29,34). The molecule has 0 spiro atoms. The number of sulfonamides is 1. The van der Waals surface area contributed by atoms with E-state index in [2.05, 4.69) is 26.9 Å². The first-order valence-corrected chi connectivity index (χ1v) is 15.2. The first-order chi connectivity index (χ1) is 18.1. The molecule has 38 heavy (non-hydrogen) atoms. The highest BCUT2D eigenvalue weighted by Gasteiger charge is 2.32. The quantitative estimate of drug-likeness (QED) is 0.513. The predicted molar refractivity (Wildman–Crippen MR) is 151 cm³/mol. The normalized spacial score (nSPS) is 18.2. The molecule has 1 atom stereocenters. The highest BCUT2D eigenvalue weighted by atomic mass is 35.5. The monoisotopic (exact) mass is 561 g/mol. The van der Waals surface area contributed by atoms with Crippen molar-refractivity contribution in [3.8, 4) is 0 Å². The fraction of sp³-hybridized carbons (Fsp3) is 0.481. The van der Waals surface area contributed by atoms with Crippen LogP contribution in [0.15, 0.2) is 48.5 Å². The Labute approximate surface area is 230 Å². The van der Waals surface area contributed by atoms with Crippen LogP contribution in [-0.2, 0) is 26.0 Å². The van der Waals surface area contributed by atoms with Crippen molar-refractivity contribution in [3.05, 3.63) is 59.1 Å². The summed E-state index contributed by atoms with van der Waals surface area (Å²) < 4.78 is 26.2. The van der Waals surface area contributed by atoms with Gasteiger partial charge in [0.25, 0.3) is 0 Å². The lowest BCUT2D eigenvalue weighted by molar-refractivity contribution is -0.138. The minimum atomic E-state index is -3.42. The van der Waals surface area contributed by atoms with Gasteiger partial charge in [0.2, 0.25) is 21.8 Å². The number of hydrogen-bond acceptors (Lipinski definition) is 6. The Morgan fingerprint density at radius 1 is 0.974 bits per heavy atom. The summed E-state index contributed by atoms with van der Waals surface area (Å²) >= 11 is 6.05. The summed E-state index contributed by atoms with van der Waals surface area (Å²) in [5.74, 6) is -0.268. The average Bonchev–Trinajstić information content (AvgIpc) is 2.89. The number of hydrogen-bond donors (Lipinski definition) is 2. The topological polar surface area (TPSA) is 102 Å². The van der Waals surface area contributed by atoms with Gasteiger partial charge in [-0.05, 0) is 62.8 Å². The van der Waals surface area contributed by atoms with E-state index in [-0.39, 0.29) is 17.7 Å². The molecular weight excluding hydrogens is 526 g/mol. The Balaban J connectivity index is 1.44. The number of nitrogens with one attached hydrogen (secondary N) is 2. The number of carbonyl (C=O) groups is 2. The molecule has 1 unspecified atom stereocenters. The van der Waals surface area contributed by atoms with Crippen molar-refractivity contribution in [2.75, 3.05) is 62.2 Å². The summed E-state index contributed by atoms with van der Waals surface area (Å²) in [5.41, 5.74) is 2.22. The summed E-state index contributed by atoms with van der Waals surface area (Å²) in [6.45, 7) is 3.76. The Morgan fingerprint density at radius 3 is 2.24 bits per heavy atom. The van der Waals surface area contributed by atoms with Crippen molar-refractivity contribution >= 4 is 44.8 Å². The zero-order valence-electron chi connectivity index (χ0n) is 21.9. The molecule has 0 aromatic heterocycles. The lowest BCUT2D eigenvalue weighted by atomic mass is 9.95. The molecule has 2 fully saturated rings. The largest absolute Gasteiger partial charge is 0.366 e. The molecule has 2 aliphatic heterocycles. The van der Waals surface area contributed by atoms with E-state index in [9.17, 15) is 18.0 Å². The second-order valence-corrected chi connectivity index (χ2v) is 12.4. The van der Waals surface area contributed by atoms with Gasteiger partial charge in [0.15, 0.2) is 0 Å². The van der Waals surface area contributed by atoms with Crippen molar-refractivity contribution in [2.45, 2.75) is 25.3 Å². The first kappa shape index (κ1) is 28.2. The van der Waals surface area contributed by atoms with Crippen LogP contribution in [0.5, 0.6) is 0 Å². The lowest BCUT2D eigenvalue weighted by Crippen LogP contribution is -2.56. The van der Waals surface area contributed by atoms with Crippen LogP contribution in [0, 0.1) is 5.92 Å². The number of amides is 2. The van der Waals surface area contributed by atoms with Gasteiger partial charge in [-0.15, -0.1) is 0 Å². The van der Waals surface area contributed by atoms with Crippen molar-refractivity contribution in [1.82, 2.24) is 15.1 Å². The number of anilines is 2. The molecule has 2 aromatic carbocycles. The zero-order valence-corrected chi connectivity index (χ0v) is 23.5. The third-order valence-electron chi connectivity index (χ3n) is 7.19. The van der Waals surface area contributed by atoms with E-state index in [1.54, 1.807) is 29.2 Å². The summed E-state index contributed by atoms with van der Waals surface area (Å²) in [5, 5.41) is 3.69. The van der Waals surface area contributed by atoms with Crippen LogP contribution in [0.2, 0.25) is 5.02 Å². The van der Waals surface area contributed by atoms with E-state index < -0.39 is 16.1 Å². The number of likely N-dealkylation sites (tertiary alicyclic amines) is 1. The molecule has 2 heterocycles. The van der Waals surface area contributed by atoms with Crippen LogP contribution in [-0.4, -0.2) is 88.6 Å². The minimum Gasteiger partial charge on any atom is -0.366 e. The van der Waals surface area contributed by atoms with Crippen molar-refractivity contribution in [1.29, 1.82) is 0 Å². The number of piperidine rings is 1. The Kier molecular flexibility index (Phi) is 9.17. The first-order valence-electron chi connectivity index (χ1n) is 12.9. The number of benzene rings is 2. The number of carbonyl (C=O) groups excluding carboxylic acids is 2. The number of nitrogens with zero attached hydrogens (tertiary/aromatic N) is 3. The summed E-state index contributed by atoms with van der Waals surface area (Å²) in [6, 6.07) is 13.9. The molecule has 0 saturated carbocycles. The fourth-order valence-electron chi connectivity index (χ4n) is 5.04. The maximum absolute atomic E-state index is 13.7. The van der Waals surface area contributed by atoms with Crippen molar-refractivity contribution in [3.63, 3.8) is 0 Å². The Bertz CT molecular complexity index is 1220. The molecule has 0 aliphatic carbocycles. The van der Waals surface area contributed by atoms with E-state index in [0.717, 1.165) is 43.4 Å². The van der Waals surface area contributed by atoms with Gasteiger partial charge >= 0.3 is 0 Å². The third-order valence-corrected chi connectivity index (χ3v) is 8.03. The van der Waals surface area contributed by atoms with Gasteiger partial charge in [0.1, 0.15) is 6.04 Å². The van der Waals surface area contributed by atoms with E-state index >= 15 is 0 Å².